The topological polar surface area (TPSA) is 46.5 Å². The lowest BCUT2D eigenvalue weighted by molar-refractivity contribution is -0.160. The summed E-state index contributed by atoms with van der Waals surface area (Å²) in [5, 5.41) is 12.3. The Kier molecular flexibility index (Phi) is 5.71. The van der Waals surface area contributed by atoms with E-state index in [-0.39, 0.29) is 0 Å². The highest BCUT2D eigenvalue weighted by atomic mass is 16.5. The summed E-state index contributed by atoms with van der Waals surface area (Å²) < 4.78 is 6.05. The van der Waals surface area contributed by atoms with Gasteiger partial charge in [-0.15, -0.1) is 0 Å². The van der Waals surface area contributed by atoms with Crippen LogP contribution in [0.2, 0.25) is 0 Å². The minimum absolute atomic E-state index is 0.545. The Labute approximate surface area is 162 Å². The quantitative estimate of drug-likeness (QED) is 0.677. The van der Waals surface area contributed by atoms with Gasteiger partial charge in [-0.2, -0.15) is 0 Å². The molecule has 0 bridgehead atoms. The first-order valence-electron chi connectivity index (χ1n) is 9.90. The molecule has 144 valence electrons. The lowest BCUT2D eigenvalue weighted by atomic mass is 9.85. The summed E-state index contributed by atoms with van der Waals surface area (Å²) in [5.74, 6) is -0.932. The minimum atomic E-state index is -0.978. The number of carboxylic acids is 1. The molecule has 3 nitrogen and oxygen atoms in total. The van der Waals surface area contributed by atoms with Crippen molar-refractivity contribution in [3.63, 3.8) is 0 Å². The van der Waals surface area contributed by atoms with Crippen molar-refractivity contribution in [2.75, 3.05) is 0 Å². The molecule has 0 saturated carbocycles. The fourth-order valence-electron chi connectivity index (χ4n) is 4.02. The Balaban J connectivity index is 2.30. The van der Waals surface area contributed by atoms with E-state index < -0.39 is 17.7 Å². The van der Waals surface area contributed by atoms with Crippen molar-refractivity contribution in [3.8, 4) is 0 Å². The standard InChI is InChI=1S/C24H30O3/c1-16-15-18-13-9-10-14-19(18)21(17-11-7-5-6-8-12-17)20(16)22(23(25)26)27-24(2,3)4/h9-11,13-15,22H,5-8,12H2,1-4H3,(H,25,26)/t22-/m0/s1. The molecule has 1 atom stereocenters. The van der Waals surface area contributed by atoms with Crippen LogP contribution in [0.4, 0.5) is 0 Å². The zero-order chi connectivity index (χ0) is 19.6. The highest BCUT2D eigenvalue weighted by molar-refractivity contribution is 5.97. The lowest BCUT2D eigenvalue weighted by Crippen LogP contribution is -2.28. The number of carboxylic acid groups (broad SMARTS) is 1. The number of rotatable bonds is 4. The van der Waals surface area contributed by atoms with Gasteiger partial charge < -0.3 is 9.84 Å². The van der Waals surface area contributed by atoms with Crippen LogP contribution in [0.3, 0.4) is 0 Å². The van der Waals surface area contributed by atoms with Crippen LogP contribution in [0.5, 0.6) is 0 Å². The second kappa shape index (κ2) is 7.85. The van der Waals surface area contributed by atoms with Crippen LogP contribution < -0.4 is 0 Å². The van der Waals surface area contributed by atoms with Crippen LogP contribution in [0.15, 0.2) is 36.4 Å². The predicted molar refractivity (Wildman–Crippen MR) is 111 cm³/mol. The van der Waals surface area contributed by atoms with Crippen molar-refractivity contribution in [1.82, 2.24) is 0 Å². The van der Waals surface area contributed by atoms with Crippen molar-refractivity contribution < 1.29 is 14.6 Å². The maximum atomic E-state index is 12.2. The van der Waals surface area contributed by atoms with Gasteiger partial charge in [-0.05, 0) is 80.9 Å². The number of hydrogen-bond donors (Lipinski definition) is 1. The van der Waals surface area contributed by atoms with Gasteiger partial charge in [0.15, 0.2) is 6.10 Å². The van der Waals surface area contributed by atoms with Crippen molar-refractivity contribution in [3.05, 3.63) is 53.1 Å². The fourth-order valence-corrected chi connectivity index (χ4v) is 4.02. The van der Waals surface area contributed by atoms with Crippen molar-refractivity contribution in [1.29, 1.82) is 0 Å². The molecule has 0 amide bonds. The van der Waals surface area contributed by atoms with Gasteiger partial charge in [-0.1, -0.05) is 42.8 Å². The predicted octanol–water partition coefficient (Wildman–Crippen LogP) is 6.44. The first-order chi connectivity index (χ1) is 12.8. The number of benzene rings is 2. The van der Waals surface area contributed by atoms with Gasteiger partial charge in [0.25, 0.3) is 0 Å². The Bertz CT molecular complexity index is 871. The molecule has 0 fully saturated rings. The van der Waals surface area contributed by atoms with Crippen LogP contribution in [0, 0.1) is 6.92 Å². The Morgan fingerprint density at radius 3 is 2.59 bits per heavy atom. The van der Waals surface area contributed by atoms with Gasteiger partial charge in [0.05, 0.1) is 5.60 Å². The largest absolute Gasteiger partial charge is 0.479 e. The molecule has 0 radical (unpaired) electrons. The Morgan fingerprint density at radius 1 is 1.15 bits per heavy atom. The molecule has 0 aliphatic heterocycles. The lowest BCUT2D eigenvalue weighted by Gasteiger charge is -2.29. The highest BCUT2D eigenvalue weighted by Gasteiger charge is 2.31. The average molecular weight is 367 g/mol. The van der Waals surface area contributed by atoms with E-state index in [0.717, 1.165) is 46.7 Å². The second-order valence-corrected chi connectivity index (χ2v) is 8.48. The summed E-state index contributed by atoms with van der Waals surface area (Å²) in [7, 11) is 0. The number of carbonyl (C=O) groups is 1. The Hall–Kier alpha value is -2.13. The number of allylic oxidation sites excluding steroid dienone is 2. The highest BCUT2D eigenvalue weighted by Crippen LogP contribution is 2.40. The third-order valence-electron chi connectivity index (χ3n) is 5.12. The molecule has 2 aromatic carbocycles. The van der Waals surface area contributed by atoms with Crippen LogP contribution in [0.1, 0.15) is 75.7 Å². The van der Waals surface area contributed by atoms with Gasteiger partial charge in [-0.25, -0.2) is 4.79 Å². The fraction of sp³-hybridized carbons (Fsp3) is 0.458. The third kappa shape index (κ3) is 4.41. The first kappa shape index (κ1) is 19.6. The van der Waals surface area contributed by atoms with Crippen LogP contribution in [0.25, 0.3) is 16.3 Å². The number of hydrogen-bond acceptors (Lipinski definition) is 2. The van der Waals surface area contributed by atoms with Gasteiger partial charge >= 0.3 is 5.97 Å². The summed E-state index contributed by atoms with van der Waals surface area (Å²) in [6, 6.07) is 10.4. The minimum Gasteiger partial charge on any atom is -0.479 e. The summed E-state index contributed by atoms with van der Waals surface area (Å²) in [6.45, 7) is 7.72. The third-order valence-corrected chi connectivity index (χ3v) is 5.12. The van der Waals surface area contributed by atoms with E-state index in [1.807, 2.05) is 39.8 Å². The van der Waals surface area contributed by atoms with E-state index in [9.17, 15) is 9.90 Å². The molecule has 0 unspecified atom stereocenters. The molecule has 2 aromatic rings. The molecule has 0 aromatic heterocycles. The number of aryl methyl sites for hydroxylation is 1. The molecule has 3 heteroatoms. The molecule has 0 heterocycles. The van der Waals surface area contributed by atoms with E-state index in [1.54, 1.807) is 0 Å². The van der Waals surface area contributed by atoms with E-state index >= 15 is 0 Å². The molecular formula is C24H30O3. The van der Waals surface area contributed by atoms with Crippen molar-refractivity contribution >= 4 is 22.3 Å². The normalized spacial score (nSPS) is 16.7. The monoisotopic (exact) mass is 366 g/mol. The molecule has 1 aliphatic carbocycles. The number of ether oxygens (including phenoxy) is 1. The van der Waals surface area contributed by atoms with E-state index in [2.05, 4.69) is 24.3 Å². The number of aliphatic carboxylic acids is 1. The molecule has 0 saturated heterocycles. The van der Waals surface area contributed by atoms with Crippen LogP contribution >= 0.6 is 0 Å². The zero-order valence-electron chi connectivity index (χ0n) is 16.8. The van der Waals surface area contributed by atoms with Gasteiger partial charge in [0.1, 0.15) is 0 Å². The van der Waals surface area contributed by atoms with E-state index in [1.165, 1.54) is 18.4 Å². The Morgan fingerprint density at radius 2 is 1.89 bits per heavy atom. The maximum Gasteiger partial charge on any atom is 0.337 e. The molecule has 27 heavy (non-hydrogen) atoms. The summed E-state index contributed by atoms with van der Waals surface area (Å²) in [5.41, 5.74) is 3.58. The summed E-state index contributed by atoms with van der Waals surface area (Å²) in [4.78, 5) is 12.2. The van der Waals surface area contributed by atoms with Crippen LogP contribution in [-0.2, 0) is 9.53 Å². The number of fused-ring (bicyclic) bond motifs is 1. The average Bonchev–Trinajstić information content (AvgIpc) is 2.87. The smallest absolute Gasteiger partial charge is 0.337 e. The van der Waals surface area contributed by atoms with Crippen molar-refractivity contribution in [2.45, 2.75) is 71.5 Å². The van der Waals surface area contributed by atoms with Gasteiger partial charge in [0.2, 0.25) is 0 Å². The SMILES string of the molecule is Cc1cc2ccccc2c(C2=CCCCCC2)c1[C@H](OC(C)(C)C)C(=O)O. The summed E-state index contributed by atoms with van der Waals surface area (Å²) >= 11 is 0. The molecule has 0 spiro atoms. The first-order valence-corrected chi connectivity index (χ1v) is 9.90. The maximum absolute atomic E-state index is 12.2. The molecule has 1 N–H and O–H groups in total. The molecule has 3 rings (SSSR count). The molecular weight excluding hydrogens is 336 g/mol. The summed E-state index contributed by atoms with van der Waals surface area (Å²) in [6.07, 6.45) is 6.94. The van der Waals surface area contributed by atoms with Gasteiger partial charge in [-0.3, -0.25) is 0 Å². The van der Waals surface area contributed by atoms with E-state index in [4.69, 9.17) is 4.74 Å². The molecule has 1 aliphatic rings. The van der Waals surface area contributed by atoms with Gasteiger partial charge in [0, 0.05) is 5.56 Å². The van der Waals surface area contributed by atoms with Crippen molar-refractivity contribution in [2.24, 2.45) is 0 Å². The second-order valence-electron chi connectivity index (χ2n) is 8.48. The van der Waals surface area contributed by atoms with Crippen LogP contribution in [-0.4, -0.2) is 16.7 Å². The zero-order valence-corrected chi connectivity index (χ0v) is 16.8. The van der Waals surface area contributed by atoms with E-state index in [0.29, 0.717) is 0 Å².